The SMILES string of the molecule is Cc1ccc(-c2ccc3c4ccccc4n(-c4ccc(-c5cc(C#N)cc(C(F)(F)F)c5)c(-n5c6ccccc6c6ccccc65)c4C#N)c3c2)cc1. The molecule has 0 aliphatic rings. The molecule has 2 heterocycles. The maximum atomic E-state index is 14.3. The number of benzene rings is 7. The zero-order chi connectivity index (χ0) is 36.4. The summed E-state index contributed by atoms with van der Waals surface area (Å²) in [6, 6.07) is 49.6. The zero-order valence-corrected chi connectivity index (χ0v) is 28.3. The van der Waals surface area contributed by atoms with E-state index < -0.39 is 11.7 Å². The lowest BCUT2D eigenvalue weighted by Crippen LogP contribution is -2.08. The van der Waals surface area contributed by atoms with Crippen molar-refractivity contribution in [1.29, 1.82) is 10.5 Å². The highest BCUT2D eigenvalue weighted by atomic mass is 19.4. The number of rotatable bonds is 4. The van der Waals surface area contributed by atoms with Gasteiger partial charge in [0.25, 0.3) is 0 Å². The number of nitrogens with zero attached hydrogens (tertiary/aromatic N) is 4. The van der Waals surface area contributed by atoms with E-state index in [1.165, 1.54) is 6.07 Å². The second-order valence-corrected chi connectivity index (χ2v) is 13.2. The molecule has 53 heavy (non-hydrogen) atoms. The van der Waals surface area contributed by atoms with Crippen LogP contribution in [0.5, 0.6) is 0 Å². The predicted molar refractivity (Wildman–Crippen MR) is 205 cm³/mol. The lowest BCUT2D eigenvalue weighted by atomic mass is 9.95. The van der Waals surface area contributed by atoms with Crippen molar-refractivity contribution in [3.05, 3.63) is 168 Å². The number of aromatic nitrogens is 2. The Bertz CT molecular complexity index is 2970. The van der Waals surface area contributed by atoms with E-state index in [9.17, 15) is 23.7 Å². The van der Waals surface area contributed by atoms with Gasteiger partial charge in [-0.1, -0.05) is 103 Å². The molecule has 0 spiro atoms. The minimum absolute atomic E-state index is 0.128. The molecule has 0 aliphatic carbocycles. The highest BCUT2D eigenvalue weighted by Crippen LogP contribution is 2.43. The third kappa shape index (κ3) is 5.05. The van der Waals surface area contributed by atoms with Crippen molar-refractivity contribution in [2.75, 3.05) is 0 Å². The summed E-state index contributed by atoms with van der Waals surface area (Å²) in [6.45, 7) is 2.05. The molecule has 0 atom stereocenters. The molecule has 7 heteroatoms. The molecule has 0 fully saturated rings. The molecule has 0 unspecified atom stereocenters. The number of aryl methyl sites for hydroxylation is 1. The fourth-order valence-corrected chi connectivity index (χ4v) is 7.67. The van der Waals surface area contributed by atoms with E-state index in [2.05, 4.69) is 59.2 Å². The fourth-order valence-electron chi connectivity index (χ4n) is 7.67. The predicted octanol–water partition coefficient (Wildman–Crippen LogP) is 12.3. The Morgan fingerprint density at radius 2 is 1.08 bits per heavy atom. The lowest BCUT2D eigenvalue weighted by Gasteiger charge is -2.20. The van der Waals surface area contributed by atoms with Crippen LogP contribution in [0.4, 0.5) is 13.2 Å². The van der Waals surface area contributed by atoms with Crippen LogP contribution in [0, 0.1) is 29.6 Å². The summed E-state index contributed by atoms with van der Waals surface area (Å²) >= 11 is 0. The topological polar surface area (TPSA) is 57.4 Å². The lowest BCUT2D eigenvalue weighted by molar-refractivity contribution is -0.137. The highest BCUT2D eigenvalue weighted by molar-refractivity contribution is 6.12. The van der Waals surface area contributed by atoms with Crippen LogP contribution in [0.15, 0.2) is 146 Å². The van der Waals surface area contributed by atoms with Gasteiger partial charge in [0.05, 0.1) is 50.6 Å². The normalized spacial score (nSPS) is 11.7. The van der Waals surface area contributed by atoms with Gasteiger partial charge in [-0.25, -0.2) is 0 Å². The first-order chi connectivity index (χ1) is 25.7. The molecule has 7 aromatic carbocycles. The van der Waals surface area contributed by atoms with Gasteiger partial charge in [-0.3, -0.25) is 0 Å². The van der Waals surface area contributed by atoms with Crippen molar-refractivity contribution < 1.29 is 13.2 Å². The van der Waals surface area contributed by atoms with Crippen LogP contribution in [0.2, 0.25) is 0 Å². The smallest absolute Gasteiger partial charge is 0.308 e. The van der Waals surface area contributed by atoms with Crippen LogP contribution >= 0.6 is 0 Å². The zero-order valence-electron chi connectivity index (χ0n) is 28.3. The molecule has 0 N–H and O–H groups in total. The van der Waals surface area contributed by atoms with E-state index in [1.54, 1.807) is 6.07 Å². The van der Waals surface area contributed by atoms with Crippen LogP contribution in [-0.4, -0.2) is 9.13 Å². The number of halogens is 3. The number of nitriles is 2. The number of fused-ring (bicyclic) bond motifs is 6. The van der Waals surface area contributed by atoms with Crippen molar-refractivity contribution in [2.45, 2.75) is 13.1 Å². The second-order valence-electron chi connectivity index (χ2n) is 13.2. The maximum Gasteiger partial charge on any atom is 0.416 e. The van der Waals surface area contributed by atoms with E-state index in [-0.39, 0.29) is 16.7 Å². The van der Waals surface area contributed by atoms with Crippen LogP contribution in [0.3, 0.4) is 0 Å². The van der Waals surface area contributed by atoms with Gasteiger partial charge in [0, 0.05) is 27.1 Å². The number of para-hydroxylation sites is 3. The Hall–Kier alpha value is -7.09. The van der Waals surface area contributed by atoms with Crippen molar-refractivity contribution in [2.24, 2.45) is 0 Å². The summed E-state index contributed by atoms with van der Waals surface area (Å²) < 4.78 is 46.9. The largest absolute Gasteiger partial charge is 0.416 e. The molecular formula is C46H27F3N4. The van der Waals surface area contributed by atoms with E-state index in [0.717, 1.165) is 72.4 Å². The summed E-state index contributed by atoms with van der Waals surface area (Å²) in [5, 5.41) is 25.0. The molecule has 0 radical (unpaired) electrons. The third-order valence-electron chi connectivity index (χ3n) is 10.1. The molecule has 252 valence electrons. The maximum absolute atomic E-state index is 14.3. The molecule has 9 rings (SSSR count). The van der Waals surface area contributed by atoms with E-state index >= 15 is 0 Å². The summed E-state index contributed by atoms with van der Waals surface area (Å²) in [7, 11) is 0. The van der Waals surface area contributed by atoms with Crippen molar-refractivity contribution >= 4 is 43.6 Å². The summed E-state index contributed by atoms with van der Waals surface area (Å²) in [5.41, 5.74) is 7.33. The monoisotopic (exact) mass is 692 g/mol. The van der Waals surface area contributed by atoms with Gasteiger partial charge in [0.1, 0.15) is 11.6 Å². The first-order valence-corrected chi connectivity index (χ1v) is 17.0. The van der Waals surface area contributed by atoms with Crippen LogP contribution in [0.1, 0.15) is 22.3 Å². The van der Waals surface area contributed by atoms with Crippen LogP contribution in [-0.2, 0) is 6.18 Å². The summed E-state index contributed by atoms with van der Waals surface area (Å²) in [4.78, 5) is 0. The molecular weight excluding hydrogens is 666 g/mol. The molecule has 0 amide bonds. The molecule has 0 bridgehead atoms. The van der Waals surface area contributed by atoms with Crippen LogP contribution in [0.25, 0.3) is 77.2 Å². The quantitative estimate of drug-likeness (QED) is 0.184. The fraction of sp³-hybridized carbons (Fsp3) is 0.0435. The van der Waals surface area contributed by atoms with Crippen molar-refractivity contribution in [3.8, 4) is 45.8 Å². The Morgan fingerprint density at radius 3 is 1.66 bits per heavy atom. The molecule has 0 saturated heterocycles. The van der Waals surface area contributed by atoms with Gasteiger partial charge in [-0.2, -0.15) is 23.7 Å². The average Bonchev–Trinajstić information content (AvgIpc) is 3.69. The minimum atomic E-state index is -4.69. The third-order valence-corrected chi connectivity index (χ3v) is 10.1. The molecule has 9 aromatic rings. The number of hydrogen-bond donors (Lipinski definition) is 0. The average molecular weight is 693 g/mol. The van der Waals surface area contributed by atoms with E-state index in [0.29, 0.717) is 16.9 Å². The summed E-state index contributed by atoms with van der Waals surface area (Å²) in [5.74, 6) is 0. The molecule has 0 saturated carbocycles. The second kappa shape index (κ2) is 12.0. The van der Waals surface area contributed by atoms with Crippen LogP contribution < -0.4 is 0 Å². The van der Waals surface area contributed by atoms with Crippen molar-refractivity contribution in [1.82, 2.24) is 9.13 Å². The van der Waals surface area contributed by atoms with Gasteiger partial charge in [0.15, 0.2) is 0 Å². The molecule has 4 nitrogen and oxygen atoms in total. The van der Waals surface area contributed by atoms with Gasteiger partial charge in [-0.05, 0) is 72.1 Å². The molecule has 2 aromatic heterocycles. The first kappa shape index (κ1) is 31.9. The highest BCUT2D eigenvalue weighted by Gasteiger charge is 2.32. The Morgan fingerprint density at radius 1 is 0.509 bits per heavy atom. The minimum Gasteiger partial charge on any atom is -0.308 e. The van der Waals surface area contributed by atoms with Gasteiger partial charge in [-0.15, -0.1) is 0 Å². The Balaban J connectivity index is 1.44. The standard InChI is InChI=1S/C46H27F3N4/c1-28-14-16-30(17-15-28)31-18-19-38-37-10-2-5-11-40(37)52(44(38)25-31)43-21-20-34(32-22-29(26-50)23-33(24-32)46(47,48)49)45(39(43)27-51)53-41-12-6-3-8-35(41)36-9-4-7-13-42(36)53/h2-25H,1H3. The van der Waals surface area contributed by atoms with E-state index in [1.807, 2.05) is 90.4 Å². The molecule has 0 aliphatic heterocycles. The first-order valence-electron chi connectivity index (χ1n) is 17.0. The Kier molecular flexibility index (Phi) is 7.22. The summed E-state index contributed by atoms with van der Waals surface area (Å²) in [6.07, 6.45) is -4.69. The van der Waals surface area contributed by atoms with Gasteiger partial charge in [0.2, 0.25) is 0 Å². The van der Waals surface area contributed by atoms with Crippen molar-refractivity contribution in [3.63, 3.8) is 0 Å². The number of alkyl halides is 3. The number of hydrogen-bond acceptors (Lipinski definition) is 2. The van der Waals surface area contributed by atoms with E-state index in [4.69, 9.17) is 0 Å². The van der Waals surface area contributed by atoms with Gasteiger partial charge < -0.3 is 9.13 Å². The Labute approximate surface area is 302 Å². The van der Waals surface area contributed by atoms with Gasteiger partial charge >= 0.3 is 6.18 Å².